The van der Waals surface area contributed by atoms with Crippen LogP contribution in [0.1, 0.15) is 43.2 Å². The summed E-state index contributed by atoms with van der Waals surface area (Å²) in [6.07, 6.45) is 0.0830. The van der Waals surface area contributed by atoms with Crippen LogP contribution in [0.5, 0.6) is 0 Å². The molecule has 1 heterocycles. The molecule has 1 aliphatic heterocycles. The Bertz CT molecular complexity index is 2950. The van der Waals surface area contributed by atoms with Gasteiger partial charge in [0, 0.05) is 42.6 Å². The lowest BCUT2D eigenvalue weighted by molar-refractivity contribution is -0.143. The number of oxime groups is 1. The van der Waals surface area contributed by atoms with Crippen LogP contribution in [0.15, 0.2) is 64.7 Å². The van der Waals surface area contributed by atoms with E-state index in [1.807, 2.05) is 24.3 Å². The van der Waals surface area contributed by atoms with Gasteiger partial charge in [0.2, 0.25) is 47.3 Å². The summed E-state index contributed by atoms with van der Waals surface area (Å²) >= 11 is 2.17. The number of rotatable bonds is 59. The number of carbonyl (C=O) groups excluding carboxylic acids is 9. The number of carbonyl (C=O) groups is 11. The lowest BCUT2D eigenvalue weighted by atomic mass is 10.0. The normalized spacial score (nSPS) is 16.0. The van der Waals surface area contributed by atoms with Crippen LogP contribution >= 0.6 is 22.6 Å². The summed E-state index contributed by atoms with van der Waals surface area (Å²) in [6.45, 7) is 4.51. The highest BCUT2D eigenvalue weighted by atomic mass is 127. The van der Waals surface area contributed by atoms with E-state index in [-0.39, 0.29) is 130 Å². The van der Waals surface area contributed by atoms with Gasteiger partial charge in [-0.3, -0.25) is 52.9 Å². The number of nitrogens with one attached hydrogen (secondary N) is 9. The number of hydrogen-bond acceptors (Lipinski definition) is 26. The van der Waals surface area contributed by atoms with Gasteiger partial charge in [0.1, 0.15) is 43.4 Å². The van der Waals surface area contributed by atoms with Gasteiger partial charge in [0.05, 0.1) is 165 Å². The number of aliphatic imine (C=N–C) groups is 1. The predicted molar refractivity (Wildman–Crippen MR) is 383 cm³/mol. The third-order valence-electron chi connectivity index (χ3n) is 14.0. The number of nitrogens with zero attached hydrogens (tertiary/aromatic N) is 2. The third kappa shape index (κ3) is 48.7. The molecule has 39 nitrogen and oxygen atoms in total. The lowest BCUT2D eigenvalue weighted by Crippen LogP contribution is -2.58. The molecular weight excluding hydrogens is 1520 g/mol. The van der Waals surface area contributed by atoms with Crippen molar-refractivity contribution in [3.05, 3.63) is 69.3 Å². The minimum Gasteiger partial charge on any atom is -0.481 e. The Hall–Kier alpha value is -8.40. The smallest absolute Gasteiger partial charge is 0.328 e. The molecule has 0 spiro atoms. The summed E-state index contributed by atoms with van der Waals surface area (Å²) < 4.78 is 66.4. The molecule has 0 saturated carbocycles. The van der Waals surface area contributed by atoms with Crippen LogP contribution in [0.4, 0.5) is 0 Å². The summed E-state index contributed by atoms with van der Waals surface area (Å²) in [5.74, 6) is -9.56. The highest BCUT2D eigenvalue weighted by molar-refractivity contribution is 14.1. The topological polar surface area (TPSA) is 533 Å². The van der Waals surface area contributed by atoms with Crippen LogP contribution in [-0.4, -0.2) is 316 Å². The molecule has 40 heteroatoms. The Labute approximate surface area is 627 Å². The number of guanidine groups is 1. The first kappa shape index (κ1) is 91.8. The molecule has 594 valence electrons. The molecule has 9 amide bonds. The van der Waals surface area contributed by atoms with E-state index in [0.717, 1.165) is 9.13 Å². The van der Waals surface area contributed by atoms with Gasteiger partial charge in [0.25, 0.3) is 5.91 Å². The fourth-order valence-electron chi connectivity index (χ4n) is 8.75. The van der Waals surface area contributed by atoms with Crippen molar-refractivity contribution in [3.63, 3.8) is 0 Å². The van der Waals surface area contributed by atoms with Gasteiger partial charge in [-0.05, 0) is 65.1 Å². The van der Waals surface area contributed by atoms with Gasteiger partial charge in [-0.25, -0.2) is 4.79 Å². The van der Waals surface area contributed by atoms with Crippen LogP contribution in [-0.2, 0) is 121 Å². The van der Waals surface area contributed by atoms with Crippen LogP contribution in [0.2, 0.25) is 0 Å². The van der Waals surface area contributed by atoms with E-state index in [0.29, 0.717) is 98.0 Å². The van der Waals surface area contributed by atoms with E-state index in [2.05, 4.69) is 80.6 Å². The van der Waals surface area contributed by atoms with Crippen LogP contribution in [0, 0.1) is 3.57 Å². The number of carboxylic acid groups (broad SMARTS) is 2. The lowest BCUT2D eigenvalue weighted by Gasteiger charge is -2.26. The van der Waals surface area contributed by atoms with Gasteiger partial charge < -0.3 is 131 Å². The zero-order valence-corrected chi connectivity index (χ0v) is 61.4. The molecule has 0 radical (unpaired) electrons. The Morgan fingerprint density at radius 2 is 0.953 bits per heavy atom. The molecule has 2 aromatic rings. The number of benzene rings is 2. The van der Waals surface area contributed by atoms with Crippen molar-refractivity contribution < 1.29 is 125 Å². The maximum Gasteiger partial charge on any atom is 0.328 e. The molecule has 0 aromatic heterocycles. The van der Waals surface area contributed by atoms with Crippen LogP contribution < -0.4 is 59.3 Å². The molecule has 15 N–H and O–H groups in total. The molecule has 1 aliphatic rings. The van der Waals surface area contributed by atoms with Gasteiger partial charge in [-0.2, -0.15) is 0 Å². The molecule has 106 heavy (non-hydrogen) atoms. The second kappa shape index (κ2) is 59.7. The molecule has 5 atom stereocenters. The number of nitrogens with two attached hydrogens (primary N) is 2. The van der Waals surface area contributed by atoms with Gasteiger partial charge >= 0.3 is 11.9 Å². The highest BCUT2D eigenvalue weighted by Gasteiger charge is 2.34. The van der Waals surface area contributed by atoms with Crippen molar-refractivity contribution in [1.82, 2.24) is 47.9 Å². The second-order valence-corrected chi connectivity index (χ2v) is 23.8. The zero-order valence-electron chi connectivity index (χ0n) is 59.2. The average molecular weight is 1620 g/mol. The Balaban J connectivity index is 1.10. The van der Waals surface area contributed by atoms with Crippen molar-refractivity contribution in [2.75, 3.05) is 198 Å². The number of hydrogen-bond donors (Lipinski definition) is 13. The van der Waals surface area contributed by atoms with E-state index in [9.17, 15) is 63.0 Å². The van der Waals surface area contributed by atoms with E-state index in [1.165, 1.54) is 6.21 Å². The Kier molecular flexibility index (Phi) is 51.7. The summed E-state index contributed by atoms with van der Waals surface area (Å²) in [5.41, 5.74) is 12.2. The van der Waals surface area contributed by atoms with Crippen molar-refractivity contribution in [3.8, 4) is 0 Å². The first-order valence-electron chi connectivity index (χ1n) is 34.2. The summed E-state index contributed by atoms with van der Waals surface area (Å²) in [4.78, 5) is 149. The molecular formula is C66H102IN13O26. The number of halogens is 1. The maximum atomic E-state index is 14.0. The van der Waals surface area contributed by atoms with Crippen molar-refractivity contribution in [1.29, 1.82) is 0 Å². The molecule has 1 fully saturated rings. The molecule has 0 aliphatic carbocycles. The third-order valence-corrected chi connectivity index (χ3v) is 14.8. The Morgan fingerprint density at radius 3 is 1.45 bits per heavy atom. The number of ether oxygens (including phenoxy) is 12. The van der Waals surface area contributed by atoms with E-state index in [4.69, 9.17) is 73.1 Å². The van der Waals surface area contributed by atoms with Crippen molar-refractivity contribution in [2.45, 2.75) is 68.7 Å². The Morgan fingerprint density at radius 1 is 0.509 bits per heavy atom. The zero-order chi connectivity index (χ0) is 77.0. The largest absolute Gasteiger partial charge is 0.481 e. The van der Waals surface area contributed by atoms with Crippen LogP contribution in [0.3, 0.4) is 0 Å². The molecule has 2 aromatic carbocycles. The second-order valence-electron chi connectivity index (χ2n) is 22.5. The van der Waals surface area contributed by atoms with Gasteiger partial charge in [-0.15, -0.1) is 0 Å². The van der Waals surface area contributed by atoms with E-state index < -0.39 is 116 Å². The van der Waals surface area contributed by atoms with E-state index in [1.54, 1.807) is 30.3 Å². The fraction of sp³-hybridized carbons (Fsp3) is 0.621. The first-order chi connectivity index (χ1) is 51.3. The molecule has 1 saturated heterocycles. The first-order valence-corrected chi connectivity index (χ1v) is 35.3. The average Bonchev–Trinajstić information content (AvgIpc) is 1.32. The summed E-state index contributed by atoms with van der Waals surface area (Å²) in [6, 6.07) is 8.76. The quantitative estimate of drug-likeness (QED) is 0.00974. The molecule has 3 rings (SSSR count). The standard InChI is InChI=1S/C66H102IN13O26/c67-49-10-8-48(9-11-49)41-75-106-46-58(84)73-42-54(65(92)93)77-59(85)45-105-38-36-103-34-32-101-30-28-99-26-24-97-22-20-95-18-16-71-57(83)44-104-37-35-102-33-31-100-29-27-98-25-23-96-21-19-94-17-15-70-55(81)13-12-51-62(89)78-50(7-4-14-72-66(68)69)61(88)74-43-56(82)76-53(40-60(86)87)64(91)80-52(63(90)79-51)39-47-5-2-1-3-6-47/h1-3,5-6,8-11,41,50-54H,4,7,12-40,42-46H2,(H,70,81)(H,71,83)(H,73,84)(H,74,88)(H,76,82)(H,77,85)(H,78,89)(H,79,90)(H,80,91)(H,86,87)(H,92,93)(H4,68,69,72)/b75-41+/t50-,51-,52+,53-,54-/m0/s1. The van der Waals surface area contributed by atoms with Crippen LogP contribution in [0.25, 0.3) is 0 Å². The number of carboxylic acids is 2. The molecule has 0 bridgehead atoms. The minimum atomic E-state index is -1.65. The highest BCUT2D eigenvalue weighted by Crippen LogP contribution is 2.10. The SMILES string of the molecule is NC(N)=NCCC[C@@H]1NC(=O)[C@H](CCC(=O)NCCOCCOCCOCCOCCOCCOCC(=O)NCCOCCOCCOCCOCCOCCOCC(=O)N[C@@H](CNC(=O)CO/N=C/c2ccc(I)cc2)C(=O)O)NC(=O)[C@@H](Cc2ccccc2)NC(=O)[C@H](CC(=O)O)NC(=O)CNC1=O. The summed E-state index contributed by atoms with van der Waals surface area (Å²) in [7, 11) is 0. The van der Waals surface area contributed by atoms with Gasteiger partial charge in [-0.1, -0.05) is 47.6 Å². The monoisotopic (exact) mass is 1620 g/mol. The number of amides is 9. The van der Waals surface area contributed by atoms with E-state index >= 15 is 0 Å². The fourth-order valence-corrected chi connectivity index (χ4v) is 9.11. The van der Waals surface area contributed by atoms with Crippen molar-refractivity contribution >= 4 is 99.9 Å². The maximum absolute atomic E-state index is 14.0. The minimum absolute atomic E-state index is 0.0278. The van der Waals surface area contributed by atoms with Crippen molar-refractivity contribution in [2.24, 2.45) is 21.6 Å². The predicted octanol–water partition coefficient (Wildman–Crippen LogP) is -4.62. The molecule has 0 unspecified atom stereocenters. The van der Waals surface area contributed by atoms with Gasteiger partial charge in [0.15, 0.2) is 12.6 Å². The summed E-state index contributed by atoms with van der Waals surface area (Å²) in [5, 5.41) is 45.0. The number of aliphatic carboxylic acids is 2.